The van der Waals surface area contributed by atoms with Gasteiger partial charge in [0.05, 0.1) is 5.52 Å². The van der Waals surface area contributed by atoms with Crippen LogP contribution >= 0.6 is 0 Å². The van der Waals surface area contributed by atoms with Crippen LogP contribution in [-0.2, 0) is 19.6 Å². The molecular weight excluding hydrogens is 332 g/mol. The van der Waals surface area contributed by atoms with Gasteiger partial charge in [-0.05, 0) is 35.7 Å². The fourth-order valence-electron chi connectivity index (χ4n) is 3.51. The lowest BCUT2D eigenvalue weighted by Gasteiger charge is -2.12. The third-order valence-corrected chi connectivity index (χ3v) is 4.79. The van der Waals surface area contributed by atoms with Crippen molar-refractivity contribution in [3.8, 4) is 5.75 Å². The zero-order chi connectivity index (χ0) is 18.5. The summed E-state index contributed by atoms with van der Waals surface area (Å²) < 4.78 is 8.51. The Morgan fingerprint density at radius 1 is 0.778 bits per heavy atom. The quantitative estimate of drug-likeness (QED) is 0.518. The van der Waals surface area contributed by atoms with Gasteiger partial charge in [0.25, 0.3) is 0 Å². The number of nitrogens with zero attached hydrogens (tertiary/aromatic N) is 1. The van der Waals surface area contributed by atoms with Gasteiger partial charge in [0.1, 0.15) is 12.4 Å². The Balaban J connectivity index is 1.72. The van der Waals surface area contributed by atoms with E-state index in [0.29, 0.717) is 13.2 Å². The van der Waals surface area contributed by atoms with E-state index in [2.05, 4.69) is 65.4 Å². The molecule has 0 radical (unpaired) electrons. The maximum atomic E-state index is 6.22. The summed E-state index contributed by atoms with van der Waals surface area (Å²) in [7, 11) is 0. The Morgan fingerprint density at radius 2 is 1.48 bits per heavy atom. The number of aromatic nitrogens is 1. The number of hydrogen-bond donors (Lipinski definition) is 1. The van der Waals surface area contributed by atoms with E-state index < -0.39 is 0 Å². The van der Waals surface area contributed by atoms with Gasteiger partial charge in [-0.3, -0.25) is 0 Å². The summed E-state index contributed by atoms with van der Waals surface area (Å²) in [6.45, 7) is 2.01. The van der Waals surface area contributed by atoms with Crippen molar-refractivity contribution in [3.63, 3.8) is 0 Å². The first-order valence-corrected chi connectivity index (χ1v) is 9.36. The molecule has 136 valence electrons. The first-order chi connectivity index (χ1) is 13.3. The van der Waals surface area contributed by atoms with Crippen molar-refractivity contribution >= 4 is 10.9 Å². The van der Waals surface area contributed by atoms with Gasteiger partial charge in [0.2, 0.25) is 0 Å². The summed E-state index contributed by atoms with van der Waals surface area (Å²) in [5.74, 6) is 0.913. The first kappa shape index (κ1) is 17.4. The van der Waals surface area contributed by atoms with Crippen molar-refractivity contribution in [1.82, 2.24) is 4.57 Å². The molecule has 27 heavy (non-hydrogen) atoms. The number of benzene rings is 3. The van der Waals surface area contributed by atoms with E-state index in [0.717, 1.165) is 29.8 Å². The van der Waals surface area contributed by atoms with E-state index in [9.17, 15) is 0 Å². The van der Waals surface area contributed by atoms with Gasteiger partial charge >= 0.3 is 0 Å². The summed E-state index contributed by atoms with van der Waals surface area (Å²) in [5.41, 5.74) is 10.7. The third-order valence-electron chi connectivity index (χ3n) is 4.79. The van der Waals surface area contributed by atoms with Gasteiger partial charge in [-0.1, -0.05) is 72.8 Å². The zero-order valence-corrected chi connectivity index (χ0v) is 15.3. The minimum absolute atomic E-state index is 0.558. The highest BCUT2D eigenvalue weighted by molar-refractivity contribution is 5.89. The van der Waals surface area contributed by atoms with E-state index >= 15 is 0 Å². The highest BCUT2D eigenvalue weighted by Crippen LogP contribution is 2.31. The van der Waals surface area contributed by atoms with Gasteiger partial charge in [-0.2, -0.15) is 0 Å². The Morgan fingerprint density at radius 3 is 2.19 bits per heavy atom. The summed E-state index contributed by atoms with van der Waals surface area (Å²) in [4.78, 5) is 0. The molecular formula is C24H24N2O. The highest BCUT2D eigenvalue weighted by atomic mass is 16.5. The standard InChI is InChI=1S/C24H24N2O/c25-15-14-21-17-26(16-19-8-3-1-4-9-19)24-22(21)12-7-13-23(24)27-18-20-10-5-2-6-11-20/h1-13,17H,14-16,18,25H2. The molecule has 0 bridgehead atoms. The number of para-hydroxylation sites is 1. The summed E-state index contributed by atoms with van der Waals surface area (Å²) in [6.07, 6.45) is 3.08. The van der Waals surface area contributed by atoms with Crippen LogP contribution in [0, 0.1) is 0 Å². The molecule has 0 aliphatic carbocycles. The first-order valence-electron chi connectivity index (χ1n) is 9.36. The van der Waals surface area contributed by atoms with Crippen molar-refractivity contribution in [2.75, 3.05) is 6.54 Å². The van der Waals surface area contributed by atoms with E-state index in [1.807, 2.05) is 24.3 Å². The monoisotopic (exact) mass is 356 g/mol. The van der Waals surface area contributed by atoms with Gasteiger partial charge in [0, 0.05) is 18.1 Å². The fourth-order valence-corrected chi connectivity index (χ4v) is 3.51. The maximum Gasteiger partial charge on any atom is 0.144 e. The van der Waals surface area contributed by atoms with Crippen molar-refractivity contribution in [1.29, 1.82) is 0 Å². The molecule has 0 fully saturated rings. The molecule has 0 aliphatic rings. The minimum Gasteiger partial charge on any atom is -0.487 e. The molecule has 4 rings (SSSR count). The number of ether oxygens (including phenoxy) is 1. The van der Waals surface area contributed by atoms with Crippen LogP contribution in [0.5, 0.6) is 5.75 Å². The molecule has 0 saturated heterocycles. The molecule has 4 aromatic rings. The SMILES string of the molecule is NCCc1cn(Cc2ccccc2)c2c(OCc3ccccc3)cccc12. The number of hydrogen-bond acceptors (Lipinski definition) is 2. The number of fused-ring (bicyclic) bond motifs is 1. The second-order valence-corrected chi connectivity index (χ2v) is 6.73. The molecule has 3 heteroatoms. The Bertz CT molecular complexity index is 1010. The third kappa shape index (κ3) is 3.88. The van der Waals surface area contributed by atoms with Crippen molar-refractivity contribution in [2.45, 2.75) is 19.6 Å². The Labute approximate surface area is 160 Å². The van der Waals surface area contributed by atoms with E-state index in [1.54, 1.807) is 0 Å². The van der Waals surface area contributed by atoms with Crippen LogP contribution in [0.3, 0.4) is 0 Å². The van der Waals surface area contributed by atoms with Crippen LogP contribution in [0.2, 0.25) is 0 Å². The van der Waals surface area contributed by atoms with Crippen molar-refractivity contribution in [3.05, 3.63) is 102 Å². The van der Waals surface area contributed by atoms with E-state index in [4.69, 9.17) is 10.5 Å². The summed E-state index contributed by atoms with van der Waals surface area (Å²) in [6, 6.07) is 27.1. The van der Waals surface area contributed by atoms with Crippen LogP contribution in [0.25, 0.3) is 10.9 Å². The number of rotatable bonds is 7. The predicted octanol–water partition coefficient (Wildman–Crippen LogP) is 4.77. The molecule has 1 aromatic heterocycles. The smallest absolute Gasteiger partial charge is 0.144 e. The molecule has 0 spiro atoms. The predicted molar refractivity (Wildman–Crippen MR) is 111 cm³/mol. The largest absolute Gasteiger partial charge is 0.487 e. The van der Waals surface area contributed by atoms with Crippen molar-refractivity contribution in [2.24, 2.45) is 5.73 Å². The van der Waals surface area contributed by atoms with Crippen LogP contribution in [0.15, 0.2) is 85.1 Å². The molecule has 3 aromatic carbocycles. The molecule has 0 saturated carbocycles. The lowest BCUT2D eigenvalue weighted by Crippen LogP contribution is -2.02. The zero-order valence-electron chi connectivity index (χ0n) is 15.3. The van der Waals surface area contributed by atoms with Crippen LogP contribution in [0.4, 0.5) is 0 Å². The fraction of sp³-hybridized carbons (Fsp3) is 0.167. The summed E-state index contributed by atoms with van der Waals surface area (Å²) >= 11 is 0. The minimum atomic E-state index is 0.558. The molecule has 2 N–H and O–H groups in total. The van der Waals surface area contributed by atoms with Gasteiger partial charge in [0.15, 0.2) is 0 Å². The summed E-state index contributed by atoms with van der Waals surface area (Å²) in [5, 5.41) is 1.22. The van der Waals surface area contributed by atoms with E-state index in [1.165, 1.54) is 16.5 Å². The Kier molecular flexibility index (Phi) is 5.22. The average Bonchev–Trinajstić information content (AvgIpc) is 3.06. The molecule has 0 unspecified atom stereocenters. The van der Waals surface area contributed by atoms with Crippen molar-refractivity contribution < 1.29 is 4.74 Å². The Hall–Kier alpha value is -3.04. The molecule has 0 aliphatic heterocycles. The highest BCUT2D eigenvalue weighted by Gasteiger charge is 2.13. The van der Waals surface area contributed by atoms with Gasteiger partial charge < -0.3 is 15.0 Å². The molecule has 1 heterocycles. The normalized spacial score (nSPS) is 11.0. The maximum absolute atomic E-state index is 6.22. The van der Waals surface area contributed by atoms with Crippen LogP contribution < -0.4 is 10.5 Å². The lowest BCUT2D eigenvalue weighted by atomic mass is 10.1. The molecule has 3 nitrogen and oxygen atoms in total. The molecule has 0 amide bonds. The van der Waals surface area contributed by atoms with Gasteiger partial charge in [-0.25, -0.2) is 0 Å². The number of nitrogens with two attached hydrogens (primary N) is 1. The topological polar surface area (TPSA) is 40.2 Å². The average molecular weight is 356 g/mol. The lowest BCUT2D eigenvalue weighted by molar-refractivity contribution is 0.308. The van der Waals surface area contributed by atoms with Crippen LogP contribution in [0.1, 0.15) is 16.7 Å². The van der Waals surface area contributed by atoms with E-state index in [-0.39, 0.29) is 0 Å². The molecule has 0 atom stereocenters. The second kappa shape index (κ2) is 8.11. The van der Waals surface area contributed by atoms with Gasteiger partial charge in [-0.15, -0.1) is 0 Å². The van der Waals surface area contributed by atoms with Crippen LogP contribution in [-0.4, -0.2) is 11.1 Å². The second-order valence-electron chi connectivity index (χ2n) is 6.73.